The highest BCUT2D eigenvalue weighted by Crippen LogP contribution is 2.21. The molecular weight excluding hydrogens is 196 g/mol. The quantitative estimate of drug-likeness (QED) is 0.646. The van der Waals surface area contributed by atoms with E-state index >= 15 is 0 Å². The number of ketones is 1. The first-order valence-electron chi connectivity index (χ1n) is 6.15. The molecule has 0 aliphatic heterocycles. The first-order valence-corrected chi connectivity index (χ1v) is 6.15. The molecule has 1 saturated carbocycles. The van der Waals surface area contributed by atoms with Crippen LogP contribution in [0.5, 0.6) is 0 Å². The van der Waals surface area contributed by atoms with Crippen molar-refractivity contribution in [2.45, 2.75) is 38.5 Å². The molecule has 1 nitrogen and oxygen atoms in total. The van der Waals surface area contributed by atoms with Crippen molar-refractivity contribution in [1.82, 2.24) is 0 Å². The Bertz CT molecular complexity index is 376. The van der Waals surface area contributed by atoms with Gasteiger partial charge in [0.15, 0.2) is 5.78 Å². The summed E-state index contributed by atoms with van der Waals surface area (Å²) in [5.41, 5.74) is 2.16. The minimum absolute atomic E-state index is 0.351. The van der Waals surface area contributed by atoms with Crippen molar-refractivity contribution in [3.05, 3.63) is 41.5 Å². The lowest BCUT2D eigenvalue weighted by Crippen LogP contribution is -2.05. The van der Waals surface area contributed by atoms with Crippen LogP contribution in [0.15, 0.2) is 35.9 Å². The maximum Gasteiger partial charge on any atom is 0.158 e. The summed E-state index contributed by atoms with van der Waals surface area (Å²) in [5, 5.41) is 0. The lowest BCUT2D eigenvalue weighted by Gasteiger charge is -2.11. The number of hydrogen-bond donors (Lipinski definition) is 0. The lowest BCUT2D eigenvalue weighted by atomic mass is 9.94. The van der Waals surface area contributed by atoms with Gasteiger partial charge < -0.3 is 0 Å². The Morgan fingerprint density at radius 3 is 2.31 bits per heavy atom. The maximum atomic E-state index is 11.9. The zero-order chi connectivity index (χ0) is 11.2. The predicted octanol–water partition coefficient (Wildman–Crippen LogP) is 3.99. The minimum Gasteiger partial charge on any atom is -0.295 e. The molecule has 1 fully saturated rings. The van der Waals surface area contributed by atoms with E-state index in [4.69, 9.17) is 0 Å². The largest absolute Gasteiger partial charge is 0.295 e. The molecule has 0 heterocycles. The first kappa shape index (κ1) is 11.1. The molecule has 2 rings (SSSR count). The van der Waals surface area contributed by atoms with Crippen molar-refractivity contribution in [1.29, 1.82) is 0 Å². The Hall–Kier alpha value is -1.37. The molecule has 1 aliphatic carbocycles. The maximum absolute atomic E-state index is 11.9. The van der Waals surface area contributed by atoms with Crippen LogP contribution in [0.2, 0.25) is 0 Å². The third-order valence-corrected chi connectivity index (χ3v) is 3.10. The average molecular weight is 214 g/mol. The van der Waals surface area contributed by atoms with Crippen LogP contribution in [0.1, 0.15) is 44.1 Å². The molecule has 84 valence electrons. The van der Waals surface area contributed by atoms with Crippen LogP contribution in [0, 0.1) is 0 Å². The van der Waals surface area contributed by atoms with Crippen LogP contribution in [-0.2, 0) is 4.79 Å². The summed E-state index contributed by atoms with van der Waals surface area (Å²) < 4.78 is 0. The standard InChI is InChI=1S/C15H18O/c16-15-11-7-2-1-6-10-14(15)12-13-8-4-3-5-9-13/h3-5,8-9,12H,1-2,6-7,10-11H2/b14-12-. The third-order valence-electron chi connectivity index (χ3n) is 3.10. The molecule has 1 aromatic carbocycles. The fourth-order valence-corrected chi connectivity index (χ4v) is 2.16. The highest BCUT2D eigenvalue weighted by atomic mass is 16.1. The average Bonchev–Trinajstić information content (AvgIpc) is 2.30. The van der Waals surface area contributed by atoms with Gasteiger partial charge in [0.1, 0.15) is 0 Å². The summed E-state index contributed by atoms with van der Waals surface area (Å²) in [5.74, 6) is 0.351. The molecule has 0 N–H and O–H groups in total. The zero-order valence-corrected chi connectivity index (χ0v) is 9.61. The second-order valence-electron chi connectivity index (χ2n) is 4.42. The topological polar surface area (TPSA) is 17.1 Å². The van der Waals surface area contributed by atoms with Gasteiger partial charge in [0.25, 0.3) is 0 Å². The summed E-state index contributed by atoms with van der Waals surface area (Å²) in [6, 6.07) is 10.1. The molecular formula is C15H18O. The van der Waals surface area contributed by atoms with Gasteiger partial charge in [-0.2, -0.15) is 0 Å². The van der Waals surface area contributed by atoms with Gasteiger partial charge in [-0.3, -0.25) is 4.79 Å². The molecule has 0 aromatic heterocycles. The van der Waals surface area contributed by atoms with Crippen LogP contribution in [0.3, 0.4) is 0 Å². The highest BCUT2D eigenvalue weighted by Gasteiger charge is 2.11. The Balaban J connectivity index is 2.16. The van der Waals surface area contributed by atoms with Crippen molar-refractivity contribution < 1.29 is 4.79 Å². The summed E-state index contributed by atoms with van der Waals surface area (Å²) >= 11 is 0. The van der Waals surface area contributed by atoms with Gasteiger partial charge in [-0.05, 0) is 36.5 Å². The van der Waals surface area contributed by atoms with E-state index in [1.165, 1.54) is 12.8 Å². The van der Waals surface area contributed by atoms with Gasteiger partial charge >= 0.3 is 0 Å². The van der Waals surface area contributed by atoms with Crippen molar-refractivity contribution in [2.75, 3.05) is 0 Å². The molecule has 0 bridgehead atoms. The van der Waals surface area contributed by atoms with Crippen molar-refractivity contribution >= 4 is 11.9 Å². The number of hydrogen-bond acceptors (Lipinski definition) is 1. The van der Waals surface area contributed by atoms with E-state index in [9.17, 15) is 4.79 Å². The first-order chi connectivity index (χ1) is 7.86. The Morgan fingerprint density at radius 1 is 0.875 bits per heavy atom. The summed E-state index contributed by atoms with van der Waals surface area (Å²) in [4.78, 5) is 11.9. The van der Waals surface area contributed by atoms with Gasteiger partial charge in [0.2, 0.25) is 0 Å². The zero-order valence-electron chi connectivity index (χ0n) is 9.61. The summed E-state index contributed by atoms with van der Waals surface area (Å²) in [6.45, 7) is 0. The molecule has 0 atom stereocenters. The summed E-state index contributed by atoms with van der Waals surface area (Å²) in [6.07, 6.45) is 8.44. The number of carbonyl (C=O) groups is 1. The molecule has 1 aromatic rings. The molecule has 16 heavy (non-hydrogen) atoms. The van der Waals surface area contributed by atoms with Gasteiger partial charge in [-0.1, -0.05) is 43.2 Å². The number of rotatable bonds is 1. The van der Waals surface area contributed by atoms with E-state index in [1.807, 2.05) is 18.2 Å². The molecule has 0 spiro atoms. The lowest BCUT2D eigenvalue weighted by molar-refractivity contribution is -0.115. The van der Waals surface area contributed by atoms with Crippen molar-refractivity contribution in [3.63, 3.8) is 0 Å². The number of carbonyl (C=O) groups excluding carboxylic acids is 1. The SMILES string of the molecule is O=C1CCCCCC/C1=C/c1ccccc1. The Labute approximate surface area is 97.2 Å². The van der Waals surface area contributed by atoms with E-state index in [1.54, 1.807) is 0 Å². The van der Waals surface area contributed by atoms with E-state index in [0.717, 1.165) is 36.8 Å². The van der Waals surface area contributed by atoms with Crippen LogP contribution < -0.4 is 0 Å². The Kier molecular flexibility index (Phi) is 3.92. The molecule has 0 saturated heterocycles. The molecule has 0 amide bonds. The normalized spacial score (nSPS) is 20.5. The fraction of sp³-hybridized carbons (Fsp3) is 0.400. The van der Waals surface area contributed by atoms with Crippen LogP contribution in [-0.4, -0.2) is 5.78 Å². The Morgan fingerprint density at radius 2 is 1.56 bits per heavy atom. The smallest absolute Gasteiger partial charge is 0.158 e. The van der Waals surface area contributed by atoms with Gasteiger partial charge in [0, 0.05) is 6.42 Å². The molecule has 1 aliphatic rings. The second-order valence-corrected chi connectivity index (χ2v) is 4.42. The number of allylic oxidation sites excluding steroid dienone is 1. The fourth-order valence-electron chi connectivity index (χ4n) is 2.16. The number of benzene rings is 1. The monoisotopic (exact) mass is 214 g/mol. The van der Waals surface area contributed by atoms with Crippen molar-refractivity contribution in [2.24, 2.45) is 0 Å². The van der Waals surface area contributed by atoms with Gasteiger partial charge in [0.05, 0.1) is 0 Å². The van der Waals surface area contributed by atoms with E-state index in [2.05, 4.69) is 18.2 Å². The second kappa shape index (κ2) is 5.64. The minimum atomic E-state index is 0.351. The van der Waals surface area contributed by atoms with E-state index in [0.29, 0.717) is 5.78 Å². The highest BCUT2D eigenvalue weighted by molar-refractivity contribution is 5.99. The molecule has 1 heteroatoms. The number of Topliss-reactive ketones (excluding diaryl/α,β-unsaturated/α-hetero) is 1. The molecule has 0 unspecified atom stereocenters. The van der Waals surface area contributed by atoms with Crippen LogP contribution in [0.4, 0.5) is 0 Å². The van der Waals surface area contributed by atoms with Gasteiger partial charge in [-0.25, -0.2) is 0 Å². The van der Waals surface area contributed by atoms with E-state index < -0.39 is 0 Å². The van der Waals surface area contributed by atoms with Crippen LogP contribution in [0.25, 0.3) is 6.08 Å². The molecule has 0 radical (unpaired) electrons. The van der Waals surface area contributed by atoms with Crippen LogP contribution >= 0.6 is 0 Å². The predicted molar refractivity (Wildman–Crippen MR) is 67.1 cm³/mol. The van der Waals surface area contributed by atoms with Gasteiger partial charge in [-0.15, -0.1) is 0 Å². The van der Waals surface area contributed by atoms with E-state index in [-0.39, 0.29) is 0 Å². The third kappa shape index (κ3) is 3.06. The van der Waals surface area contributed by atoms with Crippen molar-refractivity contribution in [3.8, 4) is 0 Å². The summed E-state index contributed by atoms with van der Waals surface area (Å²) in [7, 11) is 0.